The second kappa shape index (κ2) is 11.9. The zero-order valence-electron chi connectivity index (χ0n) is 19.3. The van der Waals surface area contributed by atoms with Crippen molar-refractivity contribution < 1.29 is 28.3 Å². The van der Waals surface area contributed by atoms with E-state index in [0.717, 1.165) is 16.0 Å². The molecule has 5 N–H and O–H groups in total. The highest BCUT2D eigenvalue weighted by Gasteiger charge is 2.41. The quantitative estimate of drug-likeness (QED) is 0.155. The largest absolute Gasteiger partial charge is 0.698 e. The van der Waals surface area contributed by atoms with Gasteiger partial charge in [-0.1, -0.05) is 42.6 Å². The Morgan fingerprint density at radius 3 is 2.43 bits per heavy atom. The number of alkyl carbamates (subject to hydrolysis) is 1. The van der Waals surface area contributed by atoms with Crippen LogP contribution in [0.5, 0.6) is 0 Å². The summed E-state index contributed by atoms with van der Waals surface area (Å²) < 4.78 is 21.2. The normalized spacial score (nSPS) is 11.6. The van der Waals surface area contributed by atoms with Crippen LogP contribution in [0.3, 0.4) is 0 Å². The Labute approximate surface area is 208 Å². The molecular formula is C24H27N3O6PS+. The van der Waals surface area contributed by atoms with Crippen LogP contribution in [0, 0.1) is 0 Å². The molecule has 35 heavy (non-hydrogen) atoms. The van der Waals surface area contributed by atoms with E-state index in [-0.39, 0.29) is 25.3 Å². The number of ether oxygens (including phenoxy) is 1. The molecule has 0 spiro atoms. The van der Waals surface area contributed by atoms with Gasteiger partial charge in [-0.15, -0.1) is 16.2 Å². The third-order valence-corrected chi connectivity index (χ3v) is 6.77. The van der Waals surface area contributed by atoms with E-state index >= 15 is 0 Å². The fraction of sp³-hybridized carbons (Fsp3) is 0.250. The average Bonchev–Trinajstić information content (AvgIpc) is 3.38. The van der Waals surface area contributed by atoms with E-state index in [1.165, 1.54) is 0 Å². The Balaban J connectivity index is 1.59. The maximum Gasteiger partial charge on any atom is 0.698 e. The molecule has 3 aromatic rings. The first-order valence-electron chi connectivity index (χ1n) is 10.9. The molecule has 2 aromatic carbocycles. The molecule has 0 aliphatic rings. The molecule has 1 atom stereocenters. The van der Waals surface area contributed by atoms with Gasteiger partial charge < -0.3 is 21.1 Å². The number of nitrogens with two attached hydrogens (primary N) is 1. The lowest BCUT2D eigenvalue weighted by Crippen LogP contribution is -2.39. The molecule has 0 fully saturated rings. The van der Waals surface area contributed by atoms with Crippen molar-refractivity contribution in [1.29, 1.82) is 0 Å². The van der Waals surface area contributed by atoms with E-state index in [1.807, 2.05) is 29.6 Å². The molecule has 0 saturated heterocycles. The predicted octanol–water partition coefficient (Wildman–Crippen LogP) is 5.66. The zero-order valence-corrected chi connectivity index (χ0v) is 21.0. The first kappa shape index (κ1) is 26.3. The topological polar surface area (TPSA) is 140 Å². The van der Waals surface area contributed by atoms with Crippen LogP contribution in [0.1, 0.15) is 42.6 Å². The van der Waals surface area contributed by atoms with Gasteiger partial charge in [-0.3, -0.25) is 4.79 Å². The van der Waals surface area contributed by atoms with E-state index in [2.05, 4.69) is 10.6 Å². The number of hydrogen-bond acceptors (Lipinski definition) is 7. The number of anilines is 2. The Bertz CT molecular complexity index is 1180. The van der Waals surface area contributed by atoms with Crippen LogP contribution < -0.4 is 16.4 Å². The molecule has 9 nitrogen and oxygen atoms in total. The van der Waals surface area contributed by atoms with E-state index in [9.17, 15) is 14.2 Å². The number of hydrogen-bond donors (Lipinski definition) is 4. The summed E-state index contributed by atoms with van der Waals surface area (Å²) in [5.41, 5.74) is 9.15. The lowest BCUT2D eigenvalue weighted by molar-refractivity contribution is -0.144. The number of rotatable bonds is 10. The van der Waals surface area contributed by atoms with Crippen molar-refractivity contribution in [3.63, 3.8) is 0 Å². The zero-order chi connectivity index (χ0) is 25.4. The summed E-state index contributed by atoms with van der Waals surface area (Å²) in [7, 11) is -2.93. The van der Waals surface area contributed by atoms with Gasteiger partial charge in [0, 0.05) is 34.4 Å². The van der Waals surface area contributed by atoms with Crippen molar-refractivity contribution in [3.8, 4) is 10.4 Å². The van der Waals surface area contributed by atoms with Gasteiger partial charge in [-0.2, -0.15) is 0 Å². The van der Waals surface area contributed by atoms with Crippen molar-refractivity contribution in [2.75, 3.05) is 11.1 Å². The van der Waals surface area contributed by atoms with Crippen LogP contribution in [0.15, 0.2) is 60.0 Å². The fourth-order valence-corrected chi connectivity index (χ4v) is 4.60. The molecular weight excluding hydrogens is 489 g/mol. The van der Waals surface area contributed by atoms with Crippen LogP contribution >= 0.6 is 19.6 Å². The molecule has 0 aliphatic heterocycles. The summed E-state index contributed by atoms with van der Waals surface area (Å²) >= 11 is 1.60. The Hall–Kier alpha value is -3.30. The number of nitrogen functional groups attached to an aromatic ring is 1. The van der Waals surface area contributed by atoms with Crippen LogP contribution in [-0.4, -0.2) is 22.7 Å². The van der Waals surface area contributed by atoms with E-state index in [0.29, 0.717) is 16.9 Å². The Kier molecular flexibility index (Phi) is 8.95. The molecule has 1 unspecified atom stereocenters. The first-order valence-corrected chi connectivity index (χ1v) is 12.9. The third kappa shape index (κ3) is 7.10. The van der Waals surface area contributed by atoms with Crippen molar-refractivity contribution in [2.24, 2.45) is 0 Å². The van der Waals surface area contributed by atoms with Gasteiger partial charge in [0.2, 0.25) is 0 Å². The number of carbonyl (C=O) groups is 2. The van der Waals surface area contributed by atoms with Gasteiger partial charge in [0.15, 0.2) is 0 Å². The van der Waals surface area contributed by atoms with Gasteiger partial charge in [0.1, 0.15) is 0 Å². The second-order valence-corrected chi connectivity index (χ2v) is 9.23. The summed E-state index contributed by atoms with van der Waals surface area (Å²) in [4.78, 5) is 35.0. The SMILES string of the molecule is CCC(CC)(OC(=O)NCc1ccc(C(=O)Nc2cc(-c3cccs3)ccc2N)cc1)O[P+](=O)O. The molecule has 3 rings (SSSR count). The van der Waals surface area contributed by atoms with Gasteiger partial charge in [-0.05, 0) is 46.8 Å². The Morgan fingerprint density at radius 1 is 1.11 bits per heavy atom. The lowest BCUT2D eigenvalue weighted by atomic mass is 10.1. The predicted molar refractivity (Wildman–Crippen MR) is 136 cm³/mol. The summed E-state index contributed by atoms with van der Waals surface area (Å²) in [5.74, 6) is -1.79. The van der Waals surface area contributed by atoms with Gasteiger partial charge in [0.25, 0.3) is 11.7 Å². The minimum absolute atomic E-state index is 0.130. The summed E-state index contributed by atoms with van der Waals surface area (Å²) in [6.07, 6.45) is -0.361. The van der Waals surface area contributed by atoms with Crippen molar-refractivity contribution in [3.05, 3.63) is 71.1 Å². The smallest absolute Gasteiger partial charge is 0.412 e. The molecule has 1 heterocycles. The maximum atomic E-state index is 12.7. The maximum absolute atomic E-state index is 12.7. The summed E-state index contributed by atoms with van der Waals surface area (Å²) in [6.45, 7) is 3.50. The van der Waals surface area contributed by atoms with Crippen molar-refractivity contribution >= 4 is 43.0 Å². The van der Waals surface area contributed by atoms with E-state index in [4.69, 9.17) is 19.9 Å². The number of benzene rings is 2. The minimum atomic E-state index is -2.93. The summed E-state index contributed by atoms with van der Waals surface area (Å²) in [6, 6.07) is 16.1. The van der Waals surface area contributed by atoms with Crippen LogP contribution in [0.4, 0.5) is 16.2 Å². The van der Waals surface area contributed by atoms with Crippen LogP contribution in [-0.2, 0) is 20.4 Å². The monoisotopic (exact) mass is 516 g/mol. The average molecular weight is 517 g/mol. The minimum Gasteiger partial charge on any atom is -0.412 e. The highest BCUT2D eigenvalue weighted by atomic mass is 32.1. The molecule has 184 valence electrons. The highest BCUT2D eigenvalue weighted by Crippen LogP contribution is 2.33. The van der Waals surface area contributed by atoms with Gasteiger partial charge in [0.05, 0.1) is 11.4 Å². The fourth-order valence-electron chi connectivity index (χ4n) is 3.29. The number of nitrogens with one attached hydrogen (secondary N) is 2. The number of amides is 2. The standard InChI is InChI=1S/C24H26N3O6PS/c1-3-24(4-2,33-34(30)31)32-23(29)26-15-16-7-9-17(10-8-16)22(28)27-20-14-18(11-12-19(20)25)21-6-5-13-35-21/h5-14H,3-4,15,25H2,1-2H3,(H2-,26,27,28,29,30,31)/p+1. The van der Waals surface area contributed by atoms with Crippen molar-refractivity contribution in [1.82, 2.24) is 5.32 Å². The highest BCUT2D eigenvalue weighted by molar-refractivity contribution is 7.32. The van der Waals surface area contributed by atoms with Gasteiger partial charge in [-0.25, -0.2) is 4.79 Å². The molecule has 0 radical (unpaired) electrons. The molecule has 1 aromatic heterocycles. The molecule has 2 amide bonds. The van der Waals surface area contributed by atoms with E-state index < -0.39 is 20.1 Å². The van der Waals surface area contributed by atoms with Gasteiger partial charge >= 0.3 is 14.3 Å². The lowest BCUT2D eigenvalue weighted by Gasteiger charge is -2.24. The number of thiophene rings is 1. The van der Waals surface area contributed by atoms with E-state index in [1.54, 1.807) is 55.5 Å². The van der Waals surface area contributed by atoms with Crippen LogP contribution in [0.2, 0.25) is 0 Å². The summed E-state index contributed by atoms with van der Waals surface area (Å²) in [5, 5.41) is 7.40. The second-order valence-electron chi connectivity index (χ2n) is 7.62. The number of carbonyl (C=O) groups excluding carboxylic acids is 2. The third-order valence-electron chi connectivity index (χ3n) is 5.36. The first-order chi connectivity index (χ1) is 16.7. The molecule has 0 saturated carbocycles. The molecule has 0 aliphatic carbocycles. The van der Waals surface area contributed by atoms with Crippen molar-refractivity contribution in [2.45, 2.75) is 39.0 Å². The molecule has 11 heteroatoms. The van der Waals surface area contributed by atoms with Crippen LogP contribution in [0.25, 0.3) is 10.4 Å². The Morgan fingerprint density at radius 2 is 1.83 bits per heavy atom. The molecule has 0 bridgehead atoms.